The molecule has 0 amide bonds. The molecule has 0 unspecified atom stereocenters. The average molecular weight is 350 g/mol. The third kappa shape index (κ3) is 6.51. The predicted molar refractivity (Wildman–Crippen MR) is 79.6 cm³/mol. The Labute approximate surface area is 123 Å². The second-order valence-electron chi connectivity index (χ2n) is 4.68. The van der Waals surface area contributed by atoms with E-state index in [0.29, 0.717) is 32.1 Å². The fourth-order valence-corrected chi connectivity index (χ4v) is 3.09. The minimum absolute atomic E-state index is 0.268. The van der Waals surface area contributed by atoms with E-state index in [1.165, 1.54) is 0 Å². The highest BCUT2D eigenvalue weighted by molar-refractivity contribution is 9.10. The first kappa shape index (κ1) is 16.6. The lowest BCUT2D eigenvalue weighted by Gasteiger charge is -2.08. The number of hydrogen-bond acceptors (Lipinski definition) is 3. The zero-order valence-corrected chi connectivity index (χ0v) is 13.6. The van der Waals surface area contributed by atoms with Crippen LogP contribution >= 0.6 is 15.9 Å². The molecule has 19 heavy (non-hydrogen) atoms. The average Bonchev–Trinajstić information content (AvgIpc) is 2.33. The minimum Gasteiger partial charge on any atom is -0.381 e. The summed E-state index contributed by atoms with van der Waals surface area (Å²) in [4.78, 5) is 0.268. The standard InChI is InChI=1S/C13H20BrNO3S/c1-11(2)10-18-8-4-7-15-19(16,17)13-6-3-5-12(14)9-13/h3,5-6,9,11,15H,4,7-8,10H2,1-2H3. The van der Waals surface area contributed by atoms with Gasteiger partial charge in [-0.2, -0.15) is 0 Å². The van der Waals surface area contributed by atoms with Crippen molar-refractivity contribution in [1.82, 2.24) is 4.72 Å². The quantitative estimate of drug-likeness (QED) is 0.734. The molecule has 0 atom stereocenters. The van der Waals surface area contributed by atoms with E-state index in [-0.39, 0.29) is 4.90 Å². The number of halogens is 1. The molecule has 0 aliphatic rings. The second-order valence-corrected chi connectivity index (χ2v) is 7.36. The zero-order chi connectivity index (χ0) is 14.3. The number of nitrogens with one attached hydrogen (secondary N) is 1. The molecule has 0 aromatic heterocycles. The summed E-state index contributed by atoms with van der Waals surface area (Å²) in [5.74, 6) is 0.498. The van der Waals surface area contributed by atoms with Crippen LogP contribution in [0.25, 0.3) is 0 Å². The van der Waals surface area contributed by atoms with Gasteiger partial charge in [0.15, 0.2) is 0 Å². The summed E-state index contributed by atoms with van der Waals surface area (Å²) in [5.41, 5.74) is 0. The monoisotopic (exact) mass is 349 g/mol. The first-order valence-corrected chi connectivity index (χ1v) is 8.52. The van der Waals surface area contributed by atoms with Gasteiger partial charge < -0.3 is 4.74 Å². The highest BCUT2D eigenvalue weighted by Gasteiger charge is 2.12. The first-order valence-electron chi connectivity index (χ1n) is 6.25. The van der Waals surface area contributed by atoms with E-state index in [9.17, 15) is 8.42 Å². The van der Waals surface area contributed by atoms with Gasteiger partial charge in [-0.25, -0.2) is 13.1 Å². The van der Waals surface area contributed by atoms with Crippen molar-refractivity contribution in [2.24, 2.45) is 5.92 Å². The molecule has 0 aliphatic carbocycles. The van der Waals surface area contributed by atoms with Gasteiger partial charge in [0.2, 0.25) is 10.0 Å². The Morgan fingerprint density at radius 3 is 2.74 bits per heavy atom. The Bertz CT molecular complexity index is 488. The molecule has 0 bridgehead atoms. The molecule has 1 aromatic rings. The third-order valence-electron chi connectivity index (χ3n) is 2.32. The van der Waals surface area contributed by atoms with Gasteiger partial charge in [-0.15, -0.1) is 0 Å². The third-order valence-corrected chi connectivity index (χ3v) is 4.27. The summed E-state index contributed by atoms with van der Waals surface area (Å²) >= 11 is 3.26. The largest absolute Gasteiger partial charge is 0.381 e. The highest BCUT2D eigenvalue weighted by Crippen LogP contribution is 2.15. The number of hydrogen-bond donors (Lipinski definition) is 1. The number of rotatable bonds is 8. The minimum atomic E-state index is -3.42. The summed E-state index contributed by atoms with van der Waals surface area (Å²) < 4.78 is 32.6. The van der Waals surface area contributed by atoms with Gasteiger partial charge in [-0.05, 0) is 30.5 Å². The van der Waals surface area contributed by atoms with Crippen molar-refractivity contribution in [3.8, 4) is 0 Å². The molecule has 0 spiro atoms. The Morgan fingerprint density at radius 1 is 1.37 bits per heavy atom. The van der Waals surface area contributed by atoms with Crippen molar-refractivity contribution in [3.63, 3.8) is 0 Å². The van der Waals surface area contributed by atoms with E-state index in [0.717, 1.165) is 4.47 Å². The molecule has 1 N–H and O–H groups in total. The van der Waals surface area contributed by atoms with Crippen LogP contribution in [0.4, 0.5) is 0 Å². The Balaban J connectivity index is 2.36. The molecule has 0 saturated carbocycles. The van der Waals surface area contributed by atoms with E-state index in [1.807, 2.05) is 0 Å². The lowest BCUT2D eigenvalue weighted by Crippen LogP contribution is -2.25. The lowest BCUT2D eigenvalue weighted by atomic mass is 10.2. The predicted octanol–water partition coefficient (Wildman–Crippen LogP) is 2.79. The second kappa shape index (κ2) is 7.99. The van der Waals surface area contributed by atoms with Gasteiger partial charge in [0.1, 0.15) is 0 Å². The molecular formula is C13H20BrNO3S. The van der Waals surface area contributed by atoms with Crippen molar-refractivity contribution in [3.05, 3.63) is 28.7 Å². The van der Waals surface area contributed by atoms with E-state index in [4.69, 9.17) is 4.74 Å². The number of sulfonamides is 1. The van der Waals surface area contributed by atoms with Crippen LogP contribution in [0.1, 0.15) is 20.3 Å². The van der Waals surface area contributed by atoms with Gasteiger partial charge in [-0.1, -0.05) is 35.8 Å². The topological polar surface area (TPSA) is 55.4 Å². The maximum Gasteiger partial charge on any atom is 0.240 e. The molecule has 0 aliphatic heterocycles. The van der Waals surface area contributed by atoms with Crippen molar-refractivity contribution < 1.29 is 13.2 Å². The Morgan fingerprint density at radius 2 is 2.11 bits per heavy atom. The summed E-state index contributed by atoms with van der Waals surface area (Å²) in [7, 11) is -3.42. The summed E-state index contributed by atoms with van der Waals surface area (Å²) in [6, 6.07) is 6.64. The summed E-state index contributed by atoms with van der Waals surface area (Å²) in [5, 5.41) is 0. The van der Waals surface area contributed by atoms with Gasteiger partial charge >= 0.3 is 0 Å². The molecule has 0 heterocycles. The fraction of sp³-hybridized carbons (Fsp3) is 0.538. The molecule has 1 rings (SSSR count). The van der Waals surface area contributed by atoms with Gasteiger partial charge in [0, 0.05) is 24.2 Å². The molecule has 0 fully saturated rings. The van der Waals surface area contributed by atoms with E-state index < -0.39 is 10.0 Å². The van der Waals surface area contributed by atoms with Crippen molar-refractivity contribution >= 4 is 26.0 Å². The molecule has 1 aromatic carbocycles. The normalized spacial score (nSPS) is 12.0. The van der Waals surface area contributed by atoms with Crippen LogP contribution in [-0.2, 0) is 14.8 Å². The maximum atomic E-state index is 12.0. The van der Waals surface area contributed by atoms with Gasteiger partial charge in [-0.3, -0.25) is 0 Å². The van der Waals surface area contributed by atoms with Crippen LogP contribution in [-0.4, -0.2) is 28.2 Å². The van der Waals surface area contributed by atoms with E-state index in [2.05, 4.69) is 34.5 Å². The van der Waals surface area contributed by atoms with Crippen LogP contribution in [0.3, 0.4) is 0 Å². The van der Waals surface area contributed by atoms with Crippen LogP contribution in [0.5, 0.6) is 0 Å². The Hall–Kier alpha value is -0.430. The summed E-state index contributed by atoms with van der Waals surface area (Å²) in [6.07, 6.45) is 0.667. The van der Waals surface area contributed by atoms with Crippen LogP contribution in [0.2, 0.25) is 0 Å². The van der Waals surface area contributed by atoms with Gasteiger partial charge in [0.05, 0.1) is 4.90 Å². The van der Waals surface area contributed by atoms with E-state index >= 15 is 0 Å². The van der Waals surface area contributed by atoms with Crippen molar-refractivity contribution in [1.29, 1.82) is 0 Å². The van der Waals surface area contributed by atoms with Crippen molar-refractivity contribution in [2.75, 3.05) is 19.8 Å². The number of ether oxygens (including phenoxy) is 1. The highest BCUT2D eigenvalue weighted by atomic mass is 79.9. The maximum absolute atomic E-state index is 12.0. The molecule has 108 valence electrons. The van der Waals surface area contributed by atoms with Crippen LogP contribution in [0.15, 0.2) is 33.6 Å². The lowest BCUT2D eigenvalue weighted by molar-refractivity contribution is 0.108. The van der Waals surface area contributed by atoms with Crippen molar-refractivity contribution in [2.45, 2.75) is 25.2 Å². The summed E-state index contributed by atoms with van der Waals surface area (Å²) in [6.45, 7) is 5.82. The fourth-order valence-electron chi connectivity index (χ4n) is 1.42. The Kier molecular flexibility index (Phi) is 6.99. The molecule has 0 radical (unpaired) electrons. The zero-order valence-electron chi connectivity index (χ0n) is 11.2. The first-order chi connectivity index (χ1) is 8.92. The van der Waals surface area contributed by atoms with E-state index in [1.54, 1.807) is 24.3 Å². The molecule has 4 nitrogen and oxygen atoms in total. The smallest absolute Gasteiger partial charge is 0.240 e. The van der Waals surface area contributed by atoms with Gasteiger partial charge in [0.25, 0.3) is 0 Å². The SMILES string of the molecule is CC(C)COCCCNS(=O)(=O)c1cccc(Br)c1. The number of benzene rings is 1. The molecule has 6 heteroatoms. The molecule has 0 saturated heterocycles. The van der Waals surface area contributed by atoms with Crippen LogP contribution < -0.4 is 4.72 Å². The molecular weight excluding hydrogens is 330 g/mol. The van der Waals surface area contributed by atoms with Crippen LogP contribution in [0, 0.1) is 5.92 Å².